The number of aromatic amines is 1. The number of hydrogen-bond acceptors (Lipinski definition) is 3. The van der Waals surface area contributed by atoms with Gasteiger partial charge in [-0.3, -0.25) is 9.59 Å². The van der Waals surface area contributed by atoms with Crippen LogP contribution in [-0.4, -0.2) is 15.9 Å². The van der Waals surface area contributed by atoms with E-state index in [-0.39, 0.29) is 16.9 Å². The van der Waals surface area contributed by atoms with Crippen LogP contribution in [0.3, 0.4) is 0 Å². The number of nitrogens with zero attached hydrogens (tertiary/aromatic N) is 1. The molecule has 0 aliphatic rings. The molecule has 1 amide bonds. The second-order valence-corrected chi connectivity index (χ2v) is 6.43. The summed E-state index contributed by atoms with van der Waals surface area (Å²) in [6.07, 6.45) is 0. The predicted octanol–water partition coefficient (Wildman–Crippen LogP) is 2.05. The Balaban J connectivity index is 3.09. The maximum atomic E-state index is 11.8. The highest BCUT2D eigenvalue weighted by Gasteiger charge is 2.23. The van der Waals surface area contributed by atoms with Crippen molar-refractivity contribution in [1.29, 1.82) is 0 Å². The van der Waals surface area contributed by atoms with E-state index < -0.39 is 5.41 Å². The Hall–Kier alpha value is -1.65. The molecule has 0 spiro atoms. The van der Waals surface area contributed by atoms with E-state index in [1.165, 1.54) is 6.07 Å². The largest absolute Gasteiger partial charge is 0.310 e. The fraction of sp³-hybridized carbons (Fsp3) is 0.615. The Bertz CT molecular complexity index is 504. The molecule has 0 saturated heterocycles. The zero-order chi connectivity index (χ0) is 14.1. The van der Waals surface area contributed by atoms with Crippen LogP contribution in [-0.2, 0) is 10.2 Å². The van der Waals surface area contributed by atoms with Crippen LogP contribution in [0, 0.1) is 5.41 Å². The van der Waals surface area contributed by atoms with Gasteiger partial charge in [-0.1, -0.05) is 41.5 Å². The number of aromatic nitrogens is 2. The molecule has 100 valence electrons. The van der Waals surface area contributed by atoms with Gasteiger partial charge in [0.25, 0.3) is 5.56 Å². The molecule has 0 radical (unpaired) electrons. The Labute approximate surface area is 107 Å². The summed E-state index contributed by atoms with van der Waals surface area (Å²) < 4.78 is 0. The number of amides is 1. The number of H-pyrrole nitrogens is 1. The van der Waals surface area contributed by atoms with E-state index >= 15 is 0 Å². The summed E-state index contributed by atoms with van der Waals surface area (Å²) in [7, 11) is 0. The minimum Gasteiger partial charge on any atom is -0.310 e. The van der Waals surface area contributed by atoms with Gasteiger partial charge in [-0.2, -0.15) is 0 Å². The summed E-state index contributed by atoms with van der Waals surface area (Å²) in [6.45, 7) is 11.3. The molecular formula is C13H21N3O2. The molecular weight excluding hydrogens is 230 g/mol. The van der Waals surface area contributed by atoms with Crippen molar-refractivity contribution in [2.75, 3.05) is 5.32 Å². The van der Waals surface area contributed by atoms with E-state index in [2.05, 4.69) is 15.3 Å². The molecule has 1 heterocycles. The average molecular weight is 251 g/mol. The van der Waals surface area contributed by atoms with Crippen LogP contribution in [0.2, 0.25) is 0 Å². The third kappa shape index (κ3) is 3.68. The predicted molar refractivity (Wildman–Crippen MR) is 71.6 cm³/mol. The van der Waals surface area contributed by atoms with Crippen molar-refractivity contribution in [3.63, 3.8) is 0 Å². The molecule has 0 aliphatic heterocycles. The first kappa shape index (κ1) is 14.4. The summed E-state index contributed by atoms with van der Waals surface area (Å²) in [5, 5.41) is 2.67. The van der Waals surface area contributed by atoms with Crippen LogP contribution in [0.5, 0.6) is 0 Å². The van der Waals surface area contributed by atoms with Crippen LogP contribution in [0.25, 0.3) is 0 Å². The first-order valence-corrected chi connectivity index (χ1v) is 5.93. The fourth-order valence-electron chi connectivity index (χ4n) is 1.18. The smallest absolute Gasteiger partial charge is 0.253 e. The van der Waals surface area contributed by atoms with Crippen molar-refractivity contribution in [2.45, 2.75) is 47.0 Å². The Morgan fingerprint density at radius 3 is 2.22 bits per heavy atom. The second kappa shape index (κ2) is 4.55. The van der Waals surface area contributed by atoms with Gasteiger partial charge in [0.15, 0.2) is 0 Å². The van der Waals surface area contributed by atoms with Crippen LogP contribution >= 0.6 is 0 Å². The monoisotopic (exact) mass is 251 g/mol. The quantitative estimate of drug-likeness (QED) is 0.802. The SMILES string of the molecule is CC(C)(C)C(=O)Nc1cc(=O)[nH]c(C(C)(C)C)n1. The van der Waals surface area contributed by atoms with Gasteiger partial charge in [-0.25, -0.2) is 4.98 Å². The van der Waals surface area contributed by atoms with E-state index in [9.17, 15) is 9.59 Å². The average Bonchev–Trinajstić information content (AvgIpc) is 2.13. The van der Waals surface area contributed by atoms with E-state index in [1.54, 1.807) is 20.8 Å². The van der Waals surface area contributed by atoms with Crippen LogP contribution in [0.4, 0.5) is 5.82 Å². The molecule has 5 nitrogen and oxygen atoms in total. The molecule has 0 aliphatic carbocycles. The minimum absolute atomic E-state index is 0.166. The van der Waals surface area contributed by atoms with Gasteiger partial charge in [0.05, 0.1) is 0 Å². The Morgan fingerprint density at radius 2 is 1.78 bits per heavy atom. The van der Waals surface area contributed by atoms with E-state index in [0.29, 0.717) is 11.6 Å². The molecule has 5 heteroatoms. The lowest BCUT2D eigenvalue weighted by molar-refractivity contribution is -0.123. The highest BCUT2D eigenvalue weighted by molar-refractivity contribution is 5.93. The number of rotatable bonds is 1. The molecule has 1 rings (SSSR count). The molecule has 1 aromatic rings. The van der Waals surface area contributed by atoms with Crippen LogP contribution in [0.1, 0.15) is 47.4 Å². The zero-order valence-corrected chi connectivity index (χ0v) is 11.8. The molecule has 0 aromatic carbocycles. The summed E-state index contributed by atoms with van der Waals surface area (Å²) in [5.74, 6) is 0.684. The topological polar surface area (TPSA) is 74.8 Å². The van der Waals surface area contributed by atoms with Gasteiger partial charge in [0, 0.05) is 16.9 Å². The number of carbonyl (C=O) groups is 1. The fourth-order valence-corrected chi connectivity index (χ4v) is 1.18. The number of nitrogens with one attached hydrogen (secondary N) is 2. The van der Waals surface area contributed by atoms with Crippen molar-refractivity contribution in [3.8, 4) is 0 Å². The Morgan fingerprint density at radius 1 is 1.22 bits per heavy atom. The van der Waals surface area contributed by atoms with Crippen LogP contribution in [0.15, 0.2) is 10.9 Å². The summed E-state index contributed by atoms with van der Waals surface area (Å²) in [5.41, 5.74) is -1.06. The van der Waals surface area contributed by atoms with E-state index in [4.69, 9.17) is 0 Å². The Kier molecular flexibility index (Phi) is 3.64. The summed E-state index contributed by atoms with van der Waals surface area (Å²) in [6, 6.07) is 1.29. The zero-order valence-electron chi connectivity index (χ0n) is 11.8. The lowest BCUT2D eigenvalue weighted by Crippen LogP contribution is -2.30. The molecule has 18 heavy (non-hydrogen) atoms. The molecule has 0 unspecified atom stereocenters. The summed E-state index contributed by atoms with van der Waals surface area (Å²) in [4.78, 5) is 30.3. The van der Waals surface area contributed by atoms with Crippen molar-refractivity contribution >= 4 is 11.7 Å². The van der Waals surface area contributed by atoms with Crippen molar-refractivity contribution < 1.29 is 4.79 Å². The van der Waals surface area contributed by atoms with Crippen molar-refractivity contribution in [3.05, 3.63) is 22.2 Å². The van der Waals surface area contributed by atoms with Crippen molar-refractivity contribution in [2.24, 2.45) is 5.41 Å². The maximum Gasteiger partial charge on any atom is 0.253 e. The van der Waals surface area contributed by atoms with Gasteiger partial charge < -0.3 is 10.3 Å². The van der Waals surface area contributed by atoms with E-state index in [0.717, 1.165) is 0 Å². The molecule has 0 fully saturated rings. The highest BCUT2D eigenvalue weighted by atomic mass is 16.2. The van der Waals surface area contributed by atoms with Crippen LogP contribution < -0.4 is 10.9 Å². The van der Waals surface area contributed by atoms with Gasteiger partial charge in [-0.05, 0) is 0 Å². The molecule has 0 bridgehead atoms. The van der Waals surface area contributed by atoms with Gasteiger partial charge in [-0.15, -0.1) is 0 Å². The first-order valence-electron chi connectivity index (χ1n) is 5.93. The minimum atomic E-state index is -0.522. The van der Waals surface area contributed by atoms with Gasteiger partial charge >= 0.3 is 0 Å². The standard InChI is InChI=1S/C13H21N3O2/c1-12(2,3)10-14-8(7-9(17)16-10)15-11(18)13(4,5)6/h7H,1-6H3,(H2,14,15,16,17,18). The second-order valence-electron chi connectivity index (χ2n) is 6.43. The number of hydrogen-bond donors (Lipinski definition) is 2. The molecule has 0 atom stereocenters. The highest BCUT2D eigenvalue weighted by Crippen LogP contribution is 2.19. The van der Waals surface area contributed by atoms with Gasteiger partial charge in [0.2, 0.25) is 5.91 Å². The molecule has 1 aromatic heterocycles. The maximum absolute atomic E-state index is 11.8. The third-order valence-corrected chi connectivity index (χ3v) is 2.37. The lowest BCUT2D eigenvalue weighted by atomic mass is 9.95. The first-order chi connectivity index (χ1) is 8.00. The normalized spacial score (nSPS) is 12.3. The lowest BCUT2D eigenvalue weighted by Gasteiger charge is -2.20. The number of anilines is 1. The van der Waals surface area contributed by atoms with E-state index in [1.807, 2.05) is 20.8 Å². The third-order valence-electron chi connectivity index (χ3n) is 2.37. The van der Waals surface area contributed by atoms with Crippen molar-refractivity contribution in [1.82, 2.24) is 9.97 Å². The number of carbonyl (C=O) groups excluding carboxylic acids is 1. The molecule has 2 N–H and O–H groups in total. The molecule has 0 saturated carbocycles. The van der Waals surface area contributed by atoms with Gasteiger partial charge in [0.1, 0.15) is 11.6 Å². The summed E-state index contributed by atoms with van der Waals surface area (Å²) >= 11 is 0.